The molecule has 27 nitrogen and oxygen atoms in total. The lowest BCUT2D eigenvalue weighted by atomic mass is 9.90. The second-order valence-electron chi connectivity index (χ2n) is 13.5. The molecular weight excluding hydrogens is 915 g/mol. The molecule has 3 fully saturated rings. The van der Waals surface area contributed by atoms with Crippen molar-refractivity contribution in [2.24, 2.45) is 0 Å². The van der Waals surface area contributed by atoms with Gasteiger partial charge >= 0.3 is 52.0 Å². The summed E-state index contributed by atoms with van der Waals surface area (Å²) in [6, 6.07) is -1.83. The van der Waals surface area contributed by atoms with Crippen molar-refractivity contribution in [1.29, 1.82) is 0 Å². The molecule has 6 N–H and O–H groups in total. The van der Waals surface area contributed by atoms with E-state index in [1.807, 2.05) is 0 Å². The van der Waals surface area contributed by atoms with Gasteiger partial charge in [-0.1, -0.05) is 0 Å². The first-order chi connectivity index (χ1) is 26.9. The molecule has 0 unspecified atom stereocenters. The Labute approximate surface area is 341 Å². The van der Waals surface area contributed by atoms with Crippen LogP contribution in [-0.2, 0) is 101 Å². The van der Waals surface area contributed by atoms with E-state index in [4.69, 9.17) is 41.0 Å². The summed E-state index contributed by atoms with van der Waals surface area (Å²) in [5.41, 5.74) is 0.650. The summed E-state index contributed by atoms with van der Waals surface area (Å²) in [5.74, 6) is 0. The van der Waals surface area contributed by atoms with Crippen molar-refractivity contribution >= 4 is 52.0 Å². The molecule has 0 aromatic heterocycles. The van der Waals surface area contributed by atoms with Crippen LogP contribution in [0.3, 0.4) is 0 Å². The van der Waals surface area contributed by atoms with Gasteiger partial charge in [-0.2, -0.15) is 42.1 Å². The second kappa shape index (κ2) is 19.5. The van der Waals surface area contributed by atoms with E-state index in [1.54, 1.807) is 13.3 Å². The van der Waals surface area contributed by atoms with Crippen LogP contribution in [0.2, 0.25) is 0 Å². The van der Waals surface area contributed by atoms with Crippen molar-refractivity contribution in [2.45, 2.75) is 139 Å². The molecule has 0 radical (unpaired) electrons. The molecule has 59 heavy (non-hydrogen) atoms. The van der Waals surface area contributed by atoms with Crippen LogP contribution in [0.25, 0.3) is 0 Å². The molecule has 4 aliphatic rings. The maximum absolute atomic E-state index is 12.0. The van der Waals surface area contributed by atoms with Crippen molar-refractivity contribution in [3.63, 3.8) is 0 Å². The molecule has 0 bridgehead atoms. The van der Waals surface area contributed by atoms with Crippen molar-refractivity contribution in [1.82, 2.24) is 5.32 Å². The summed E-state index contributed by atoms with van der Waals surface area (Å²) in [4.78, 5) is 0. The normalized spacial score (nSPS) is 37.9. The maximum Gasteiger partial charge on any atom is 0.397 e. The summed E-state index contributed by atoms with van der Waals surface area (Å²) in [6.45, 7) is 6.94. The van der Waals surface area contributed by atoms with E-state index in [0.29, 0.717) is 5.57 Å². The lowest BCUT2D eigenvalue weighted by molar-refractivity contribution is -0.345. The Balaban J connectivity index is 1.59. The van der Waals surface area contributed by atoms with Gasteiger partial charge in [0.2, 0.25) is 0 Å². The predicted octanol–water partition coefficient (Wildman–Crippen LogP) is -1.56. The molecule has 32 heteroatoms. The van der Waals surface area contributed by atoms with E-state index in [2.05, 4.69) is 13.7 Å². The molecule has 1 aliphatic carbocycles. The van der Waals surface area contributed by atoms with Crippen molar-refractivity contribution in [3.8, 4) is 0 Å². The molecule has 346 valence electrons. The fourth-order valence-electron chi connectivity index (χ4n) is 6.66. The van der Waals surface area contributed by atoms with Gasteiger partial charge in [0, 0.05) is 25.2 Å². The number of hydrogen-bond acceptors (Lipinski definition) is 22. The fourth-order valence-corrected chi connectivity index (χ4v) is 9.07. The molecule has 3 saturated heterocycles. The highest BCUT2D eigenvalue weighted by atomic mass is 32.3. The zero-order valence-corrected chi connectivity index (χ0v) is 35.4. The Morgan fingerprint density at radius 3 is 1.66 bits per heavy atom. The molecule has 0 spiro atoms. The van der Waals surface area contributed by atoms with E-state index in [1.165, 1.54) is 40.2 Å². The van der Waals surface area contributed by atoms with Crippen LogP contribution in [0.4, 0.5) is 0 Å². The van der Waals surface area contributed by atoms with Crippen LogP contribution in [0.15, 0.2) is 11.6 Å². The van der Waals surface area contributed by atoms with Gasteiger partial charge in [0.05, 0.1) is 24.4 Å². The lowest BCUT2D eigenvalue weighted by Gasteiger charge is -2.49. The van der Waals surface area contributed by atoms with Gasteiger partial charge in [-0.15, -0.1) is 6.92 Å². The van der Waals surface area contributed by atoms with Crippen LogP contribution in [0.1, 0.15) is 47.5 Å². The van der Waals surface area contributed by atoms with Crippen molar-refractivity contribution in [3.05, 3.63) is 24.5 Å². The van der Waals surface area contributed by atoms with Gasteiger partial charge in [-0.05, 0) is 40.2 Å². The molecule has 3 heterocycles. The smallest absolute Gasteiger partial charge is 0.373 e. The monoisotopic (exact) mass is 959 g/mol. The summed E-state index contributed by atoms with van der Waals surface area (Å²) in [5, 5.41) is 3.02. The van der Waals surface area contributed by atoms with Crippen LogP contribution in [0, 0.1) is 12.8 Å². The topological polar surface area (TPSA) is 385 Å². The van der Waals surface area contributed by atoms with Crippen LogP contribution >= 0.6 is 0 Å². The molecular formula is C27H45NO26S5-2. The molecule has 0 aromatic carbocycles. The summed E-state index contributed by atoms with van der Waals surface area (Å²) in [6.07, 6.45) is -18.2. The van der Waals surface area contributed by atoms with Gasteiger partial charge < -0.3 is 45.4 Å². The zero-order valence-electron chi connectivity index (χ0n) is 31.4. The third-order valence-corrected chi connectivity index (χ3v) is 11.3. The standard InChI is InChI=1S/C27H45NO26S5/c1-6-44-27-24(54-59(41,42)43)23(53-58(38,39)40)22(15(5)47-27)49-26-21(52-57(35,36)37)11-19(14(4)46-26)48-25-20(51-56(32,33)34)10-16(13(3)45-25)28-17-9-12(2)7-8-18(17)50-55(29,30)31/h7-9,13-28H,6,10-11H2,1-5H3,(H,29,30,31)(H,32,33,34)(H,35,36,37)(H,38,39,40)(H,41,42,43)/q-2/t13-,14-,15-,16+,17+,18-,19+,20-,21-,22-,23+,24-,25-,26-,27-/m1/s1. The van der Waals surface area contributed by atoms with Crippen LogP contribution in [0.5, 0.6) is 0 Å². The molecule has 4 rings (SSSR count). The lowest BCUT2D eigenvalue weighted by Crippen LogP contribution is -2.63. The largest absolute Gasteiger partial charge is 0.397 e. The minimum atomic E-state index is -5.49. The maximum atomic E-state index is 12.0. The Bertz CT molecular complexity index is 2030. The van der Waals surface area contributed by atoms with E-state index in [0.717, 1.165) is 0 Å². The Morgan fingerprint density at radius 2 is 1.12 bits per heavy atom. The Hall–Kier alpha value is -1.45. The Morgan fingerprint density at radius 1 is 0.627 bits per heavy atom. The quantitative estimate of drug-likeness (QED) is 0.0668. The van der Waals surface area contributed by atoms with Gasteiger partial charge in [-0.25, -0.2) is 16.7 Å². The number of nitrogens with one attached hydrogen (secondary N) is 1. The van der Waals surface area contributed by atoms with Crippen molar-refractivity contribution in [2.75, 3.05) is 6.61 Å². The summed E-state index contributed by atoms with van der Waals surface area (Å²) < 4.78 is 224. The van der Waals surface area contributed by atoms with E-state index < -0.39 is 150 Å². The summed E-state index contributed by atoms with van der Waals surface area (Å²) in [7, 11) is -26.5. The average Bonchev–Trinajstić information content (AvgIpc) is 3.03. The van der Waals surface area contributed by atoms with E-state index in [9.17, 15) is 64.9 Å². The Kier molecular flexibility index (Phi) is 16.6. The molecule has 0 amide bonds. The first kappa shape index (κ1) is 50.2. The molecule has 15 atom stereocenters. The van der Waals surface area contributed by atoms with Crippen molar-refractivity contribution < 1.29 is 114 Å². The number of ether oxygens (including phenoxy) is 6. The number of rotatable bonds is 18. The average molecular weight is 960 g/mol. The third kappa shape index (κ3) is 15.7. The SMILES string of the molecule is CCO[C@@H]1O[C@H](C)[C@@H](O[C@H]2O[C@H](C)[C@@H](O[C@H]3O[C@H](C)[C@@H](N[C@H]4[CH-]C(C)=C[CH-][C@H]4OS(=O)(=O)O)C[C@H]3OS(=O)(=O)O)C[C@H]2OS(=O)(=O)O)[C@H](OS(=O)(=O)O)[C@H]1OS(=O)(=O)O. The minimum absolute atomic E-state index is 0.194. The van der Waals surface area contributed by atoms with Gasteiger partial charge in [0.25, 0.3) is 0 Å². The van der Waals surface area contributed by atoms with Gasteiger partial charge in [-0.3, -0.25) is 39.8 Å². The summed E-state index contributed by atoms with van der Waals surface area (Å²) >= 11 is 0. The van der Waals surface area contributed by atoms with Gasteiger partial charge in [0.15, 0.2) is 25.0 Å². The van der Waals surface area contributed by atoms with Crippen LogP contribution in [-0.4, -0.2) is 163 Å². The van der Waals surface area contributed by atoms with E-state index in [-0.39, 0.29) is 13.0 Å². The van der Waals surface area contributed by atoms with Gasteiger partial charge in [0.1, 0.15) is 24.4 Å². The zero-order chi connectivity index (χ0) is 44.5. The third-order valence-electron chi connectivity index (χ3n) is 8.94. The number of hydrogen-bond donors (Lipinski definition) is 6. The predicted molar refractivity (Wildman–Crippen MR) is 189 cm³/mol. The highest BCUT2D eigenvalue weighted by molar-refractivity contribution is 7.81. The molecule has 0 saturated carbocycles. The highest BCUT2D eigenvalue weighted by Crippen LogP contribution is 2.36. The highest BCUT2D eigenvalue weighted by Gasteiger charge is 2.54. The van der Waals surface area contributed by atoms with Crippen LogP contribution < -0.4 is 5.32 Å². The molecule has 0 aromatic rings. The second-order valence-corrected chi connectivity index (χ2v) is 18.7. The fraction of sp³-hybridized carbons (Fsp3) is 0.852. The molecule has 3 aliphatic heterocycles. The first-order valence-electron chi connectivity index (χ1n) is 17.2. The van der Waals surface area contributed by atoms with E-state index >= 15 is 0 Å². The minimum Gasteiger partial charge on any atom is -0.373 e. The first-order valence-corrected chi connectivity index (χ1v) is 24.0.